The van der Waals surface area contributed by atoms with Crippen LogP contribution in [-0.4, -0.2) is 39.2 Å². The fraction of sp³-hybridized carbons (Fsp3) is 0.211. The van der Waals surface area contributed by atoms with Crippen molar-refractivity contribution in [1.29, 1.82) is 0 Å². The zero-order chi connectivity index (χ0) is 18.7. The molecule has 1 aromatic heterocycles. The fourth-order valence-corrected chi connectivity index (χ4v) is 3.54. The molecule has 6 nitrogen and oxygen atoms in total. The first-order chi connectivity index (χ1) is 12.5. The van der Waals surface area contributed by atoms with E-state index in [0.717, 1.165) is 28.0 Å². The highest BCUT2D eigenvalue weighted by molar-refractivity contribution is 8.18. The smallest absolute Gasteiger partial charge is 0.329 e. The molecule has 134 valence electrons. The van der Waals surface area contributed by atoms with E-state index in [4.69, 9.17) is 4.74 Å². The molecule has 1 aliphatic rings. The SMILES string of the molecule is CCOC(=O)[C@H](C)N1C(=O)S/C(=C\c2cccn2-c2ccccc2)C1=O. The number of hydrogen-bond acceptors (Lipinski definition) is 5. The Balaban J connectivity index is 1.88. The molecule has 0 spiro atoms. The Bertz CT molecular complexity index is 873. The average Bonchev–Trinajstić information content (AvgIpc) is 3.20. The maximum atomic E-state index is 12.6. The van der Waals surface area contributed by atoms with Crippen molar-refractivity contribution in [3.63, 3.8) is 0 Å². The summed E-state index contributed by atoms with van der Waals surface area (Å²) in [6.45, 7) is 3.36. The van der Waals surface area contributed by atoms with Gasteiger partial charge >= 0.3 is 5.97 Å². The van der Waals surface area contributed by atoms with Crippen molar-refractivity contribution in [3.8, 4) is 5.69 Å². The lowest BCUT2D eigenvalue weighted by Crippen LogP contribution is -2.42. The third-order valence-electron chi connectivity index (χ3n) is 3.93. The Labute approximate surface area is 155 Å². The van der Waals surface area contributed by atoms with E-state index in [1.54, 1.807) is 13.0 Å². The molecule has 0 bridgehead atoms. The van der Waals surface area contributed by atoms with Crippen molar-refractivity contribution >= 4 is 35.0 Å². The van der Waals surface area contributed by atoms with E-state index in [-0.39, 0.29) is 11.5 Å². The summed E-state index contributed by atoms with van der Waals surface area (Å²) in [4.78, 5) is 38.0. The topological polar surface area (TPSA) is 68.6 Å². The van der Waals surface area contributed by atoms with Crippen LogP contribution in [0.2, 0.25) is 0 Å². The molecule has 3 rings (SSSR count). The van der Waals surface area contributed by atoms with Crippen LogP contribution in [0, 0.1) is 0 Å². The monoisotopic (exact) mass is 370 g/mol. The summed E-state index contributed by atoms with van der Waals surface area (Å²) in [6, 6.07) is 12.4. The maximum Gasteiger partial charge on any atom is 0.329 e. The number of aromatic nitrogens is 1. The van der Waals surface area contributed by atoms with Gasteiger partial charge < -0.3 is 9.30 Å². The first-order valence-electron chi connectivity index (χ1n) is 8.19. The second-order valence-corrected chi connectivity index (χ2v) is 6.61. The van der Waals surface area contributed by atoms with E-state index in [1.165, 1.54) is 6.92 Å². The molecule has 0 saturated carbocycles. The quantitative estimate of drug-likeness (QED) is 0.595. The second kappa shape index (κ2) is 7.61. The predicted molar refractivity (Wildman–Crippen MR) is 99.7 cm³/mol. The Morgan fingerprint density at radius 3 is 2.62 bits per heavy atom. The number of carbonyl (C=O) groups is 3. The van der Waals surface area contributed by atoms with Gasteiger partial charge in [0.15, 0.2) is 0 Å². The summed E-state index contributed by atoms with van der Waals surface area (Å²) < 4.78 is 6.83. The number of esters is 1. The molecule has 7 heteroatoms. The zero-order valence-corrected chi connectivity index (χ0v) is 15.2. The van der Waals surface area contributed by atoms with Crippen molar-refractivity contribution in [2.75, 3.05) is 6.61 Å². The molecule has 1 aliphatic heterocycles. The van der Waals surface area contributed by atoms with Gasteiger partial charge in [-0.2, -0.15) is 0 Å². The number of benzene rings is 1. The number of para-hydroxylation sites is 1. The van der Waals surface area contributed by atoms with Crippen LogP contribution in [0.15, 0.2) is 53.6 Å². The van der Waals surface area contributed by atoms with Crippen LogP contribution in [0.4, 0.5) is 4.79 Å². The van der Waals surface area contributed by atoms with Gasteiger partial charge in [-0.1, -0.05) is 18.2 Å². The Kier molecular flexibility index (Phi) is 5.27. The van der Waals surface area contributed by atoms with Crippen LogP contribution in [0.25, 0.3) is 11.8 Å². The summed E-state index contributed by atoms with van der Waals surface area (Å²) in [7, 11) is 0. The van der Waals surface area contributed by atoms with Gasteiger partial charge in [-0.15, -0.1) is 0 Å². The third kappa shape index (κ3) is 3.43. The lowest BCUT2D eigenvalue weighted by atomic mass is 10.2. The second-order valence-electron chi connectivity index (χ2n) is 5.62. The minimum Gasteiger partial charge on any atom is -0.464 e. The third-order valence-corrected chi connectivity index (χ3v) is 4.82. The molecule has 2 aromatic rings. The first-order valence-corrected chi connectivity index (χ1v) is 9.01. The summed E-state index contributed by atoms with van der Waals surface area (Å²) in [5.74, 6) is -1.08. The molecular formula is C19H18N2O4S. The average molecular weight is 370 g/mol. The highest BCUT2D eigenvalue weighted by Gasteiger charge is 2.41. The molecule has 0 aliphatic carbocycles. The number of hydrogen-bond donors (Lipinski definition) is 0. The van der Waals surface area contributed by atoms with Gasteiger partial charge in [0.1, 0.15) is 6.04 Å². The lowest BCUT2D eigenvalue weighted by molar-refractivity contribution is -0.150. The number of ether oxygens (including phenoxy) is 1. The van der Waals surface area contributed by atoms with Crippen molar-refractivity contribution in [1.82, 2.24) is 9.47 Å². The Morgan fingerprint density at radius 1 is 1.19 bits per heavy atom. The molecule has 1 atom stereocenters. The molecule has 1 fully saturated rings. The number of amides is 2. The van der Waals surface area contributed by atoms with E-state index < -0.39 is 23.2 Å². The van der Waals surface area contributed by atoms with Gasteiger partial charge in [0.2, 0.25) is 0 Å². The molecular weight excluding hydrogens is 352 g/mol. The summed E-state index contributed by atoms with van der Waals surface area (Å²) >= 11 is 0.825. The van der Waals surface area contributed by atoms with Crippen molar-refractivity contribution in [2.24, 2.45) is 0 Å². The molecule has 1 saturated heterocycles. The van der Waals surface area contributed by atoms with Gasteiger partial charge in [0.05, 0.1) is 11.5 Å². The lowest BCUT2D eigenvalue weighted by Gasteiger charge is -2.19. The Morgan fingerprint density at radius 2 is 1.92 bits per heavy atom. The Hall–Kier alpha value is -2.80. The highest BCUT2D eigenvalue weighted by atomic mass is 32.2. The minimum atomic E-state index is -0.950. The molecule has 1 aromatic carbocycles. The zero-order valence-electron chi connectivity index (χ0n) is 14.4. The minimum absolute atomic E-state index is 0.194. The number of thioether (sulfide) groups is 1. The normalized spacial score (nSPS) is 17.0. The van der Waals surface area contributed by atoms with Gasteiger partial charge in [0, 0.05) is 17.6 Å². The number of nitrogens with zero attached hydrogens (tertiary/aromatic N) is 2. The predicted octanol–water partition coefficient (Wildman–Crippen LogP) is 3.47. The molecule has 0 unspecified atom stereocenters. The fourth-order valence-electron chi connectivity index (χ4n) is 2.65. The standard InChI is InChI=1S/C19H18N2O4S/c1-3-25-18(23)13(2)21-17(22)16(26-19(21)24)12-15-10-7-11-20(15)14-8-5-4-6-9-14/h4-13H,3H2,1-2H3/b16-12-/t13-/m0/s1. The van der Waals surface area contributed by atoms with Crippen molar-refractivity contribution < 1.29 is 19.1 Å². The molecule has 2 heterocycles. The summed E-state index contributed by atoms with van der Waals surface area (Å²) in [5, 5.41) is -0.473. The molecule has 2 amide bonds. The first kappa shape index (κ1) is 18.0. The van der Waals surface area contributed by atoms with E-state index in [2.05, 4.69) is 0 Å². The maximum absolute atomic E-state index is 12.6. The number of imide groups is 1. The molecule has 26 heavy (non-hydrogen) atoms. The highest BCUT2D eigenvalue weighted by Crippen LogP contribution is 2.34. The number of carbonyl (C=O) groups excluding carboxylic acids is 3. The van der Waals surface area contributed by atoms with Crippen LogP contribution in [0.1, 0.15) is 19.5 Å². The largest absolute Gasteiger partial charge is 0.464 e. The van der Waals surface area contributed by atoms with Crippen LogP contribution in [0.5, 0.6) is 0 Å². The van der Waals surface area contributed by atoms with E-state index in [9.17, 15) is 14.4 Å². The summed E-state index contributed by atoms with van der Waals surface area (Å²) in [6.07, 6.45) is 3.54. The molecule has 0 radical (unpaired) electrons. The van der Waals surface area contributed by atoms with Gasteiger partial charge in [0.25, 0.3) is 11.1 Å². The van der Waals surface area contributed by atoms with E-state index >= 15 is 0 Å². The van der Waals surface area contributed by atoms with Gasteiger partial charge in [-0.3, -0.25) is 14.5 Å². The van der Waals surface area contributed by atoms with Crippen molar-refractivity contribution in [2.45, 2.75) is 19.9 Å². The van der Waals surface area contributed by atoms with Gasteiger partial charge in [-0.05, 0) is 56.0 Å². The van der Waals surface area contributed by atoms with E-state index in [0.29, 0.717) is 0 Å². The van der Waals surface area contributed by atoms with Gasteiger partial charge in [-0.25, -0.2) is 4.79 Å². The number of rotatable bonds is 5. The van der Waals surface area contributed by atoms with Crippen LogP contribution < -0.4 is 0 Å². The summed E-state index contributed by atoms with van der Waals surface area (Å²) in [5.41, 5.74) is 1.72. The molecule has 0 N–H and O–H groups in total. The van der Waals surface area contributed by atoms with Crippen LogP contribution in [0.3, 0.4) is 0 Å². The van der Waals surface area contributed by atoms with Crippen molar-refractivity contribution in [3.05, 3.63) is 59.3 Å². The van der Waals surface area contributed by atoms with Crippen LogP contribution >= 0.6 is 11.8 Å². The van der Waals surface area contributed by atoms with Crippen LogP contribution in [-0.2, 0) is 14.3 Å². The van der Waals surface area contributed by atoms with E-state index in [1.807, 2.05) is 53.2 Å².